The van der Waals surface area contributed by atoms with E-state index in [1.165, 1.54) is 20.2 Å². The van der Waals surface area contributed by atoms with E-state index in [9.17, 15) is 14.4 Å². The number of carbonyl (C=O) groups excluding carboxylic acids is 3. The molecule has 0 spiro atoms. The first-order valence-corrected chi connectivity index (χ1v) is 9.96. The Morgan fingerprint density at radius 3 is 2.28 bits per heavy atom. The fraction of sp³-hybridized carbons (Fsp3) is 0.167. The van der Waals surface area contributed by atoms with Gasteiger partial charge >= 0.3 is 6.03 Å². The molecule has 0 unspecified atom stereocenters. The van der Waals surface area contributed by atoms with Crippen LogP contribution in [0.3, 0.4) is 0 Å². The Morgan fingerprint density at radius 1 is 0.938 bits per heavy atom. The van der Waals surface area contributed by atoms with Gasteiger partial charge in [0.25, 0.3) is 11.8 Å². The molecule has 1 aliphatic heterocycles. The molecular formula is C24H22N4O4. The van der Waals surface area contributed by atoms with E-state index in [4.69, 9.17) is 9.84 Å². The molecule has 8 heteroatoms. The number of rotatable bonds is 5. The average Bonchev–Trinajstić information content (AvgIpc) is 3.22. The number of barbiturate groups is 1. The van der Waals surface area contributed by atoms with Gasteiger partial charge in [0.15, 0.2) is 0 Å². The predicted octanol–water partition coefficient (Wildman–Crippen LogP) is 3.04. The van der Waals surface area contributed by atoms with Crippen LogP contribution in [0.25, 0.3) is 17.3 Å². The molecule has 32 heavy (non-hydrogen) atoms. The standard InChI is InChI=1S/C24H22N4O4/c1-26-22(29)20(23(30)27(2)24(26)31)13-18-15-28(14-16-8-5-4-6-9-16)25-21(18)17-10-7-11-19(12-17)32-3/h4-13,15H,14H2,1-3H3. The molecule has 1 fully saturated rings. The largest absolute Gasteiger partial charge is 0.497 e. The lowest BCUT2D eigenvalue weighted by Crippen LogP contribution is -2.52. The second-order valence-corrected chi connectivity index (χ2v) is 7.42. The van der Waals surface area contributed by atoms with Crippen molar-refractivity contribution in [1.82, 2.24) is 19.6 Å². The molecule has 1 saturated heterocycles. The van der Waals surface area contributed by atoms with Crippen molar-refractivity contribution < 1.29 is 19.1 Å². The van der Waals surface area contributed by atoms with E-state index in [0.29, 0.717) is 23.6 Å². The van der Waals surface area contributed by atoms with Crippen molar-refractivity contribution in [3.8, 4) is 17.0 Å². The highest BCUT2D eigenvalue weighted by Gasteiger charge is 2.38. The number of hydrogen-bond donors (Lipinski definition) is 0. The van der Waals surface area contributed by atoms with Gasteiger partial charge in [0.1, 0.15) is 11.3 Å². The van der Waals surface area contributed by atoms with Gasteiger partial charge in [-0.25, -0.2) is 4.79 Å². The second-order valence-electron chi connectivity index (χ2n) is 7.42. The van der Waals surface area contributed by atoms with Gasteiger partial charge in [-0.15, -0.1) is 0 Å². The van der Waals surface area contributed by atoms with Crippen molar-refractivity contribution in [2.45, 2.75) is 6.54 Å². The summed E-state index contributed by atoms with van der Waals surface area (Å²) in [7, 11) is 4.28. The van der Waals surface area contributed by atoms with Crippen molar-refractivity contribution in [3.05, 3.63) is 77.5 Å². The minimum absolute atomic E-state index is 0.0991. The number of urea groups is 1. The fourth-order valence-electron chi connectivity index (χ4n) is 3.52. The van der Waals surface area contributed by atoms with E-state index in [1.807, 2.05) is 54.6 Å². The number of hydrogen-bond acceptors (Lipinski definition) is 5. The van der Waals surface area contributed by atoms with Gasteiger partial charge in [-0.2, -0.15) is 5.10 Å². The number of imide groups is 2. The molecule has 1 aliphatic rings. The van der Waals surface area contributed by atoms with Crippen molar-refractivity contribution >= 4 is 23.9 Å². The lowest BCUT2D eigenvalue weighted by molar-refractivity contribution is -0.134. The van der Waals surface area contributed by atoms with Gasteiger partial charge in [-0.3, -0.25) is 24.1 Å². The number of carbonyl (C=O) groups is 3. The molecule has 0 saturated carbocycles. The maximum Gasteiger partial charge on any atom is 0.333 e. The minimum Gasteiger partial charge on any atom is -0.497 e. The summed E-state index contributed by atoms with van der Waals surface area (Å²) in [6.45, 7) is 0.515. The van der Waals surface area contributed by atoms with Gasteiger partial charge in [0, 0.05) is 31.4 Å². The molecular weight excluding hydrogens is 408 g/mol. The van der Waals surface area contributed by atoms with Crippen LogP contribution in [-0.4, -0.2) is 58.6 Å². The van der Waals surface area contributed by atoms with Crippen LogP contribution in [-0.2, 0) is 16.1 Å². The van der Waals surface area contributed by atoms with E-state index in [0.717, 1.165) is 20.9 Å². The van der Waals surface area contributed by atoms with Crippen LogP contribution in [0.15, 0.2) is 66.4 Å². The lowest BCUT2D eigenvalue weighted by Gasteiger charge is -2.28. The molecule has 0 aliphatic carbocycles. The van der Waals surface area contributed by atoms with Crippen LogP contribution < -0.4 is 4.74 Å². The number of benzene rings is 2. The first kappa shape index (κ1) is 21.0. The molecule has 0 radical (unpaired) electrons. The number of ether oxygens (including phenoxy) is 1. The first-order valence-electron chi connectivity index (χ1n) is 9.96. The van der Waals surface area contributed by atoms with Crippen LogP contribution in [0.2, 0.25) is 0 Å². The van der Waals surface area contributed by atoms with E-state index in [2.05, 4.69) is 0 Å². The monoisotopic (exact) mass is 430 g/mol. The van der Waals surface area contributed by atoms with Crippen LogP contribution in [0, 0.1) is 0 Å². The van der Waals surface area contributed by atoms with Crippen LogP contribution in [0.4, 0.5) is 4.79 Å². The number of amides is 4. The Hall–Kier alpha value is -4.20. The molecule has 3 aromatic rings. The van der Waals surface area contributed by atoms with Gasteiger partial charge in [-0.1, -0.05) is 42.5 Å². The Kier molecular flexibility index (Phi) is 5.59. The Labute approximate surface area is 185 Å². The van der Waals surface area contributed by atoms with Crippen molar-refractivity contribution in [3.63, 3.8) is 0 Å². The Bertz CT molecular complexity index is 1200. The highest BCUT2D eigenvalue weighted by Crippen LogP contribution is 2.29. The zero-order chi connectivity index (χ0) is 22.8. The normalized spacial score (nSPS) is 14.2. The van der Waals surface area contributed by atoms with E-state index < -0.39 is 17.8 Å². The van der Waals surface area contributed by atoms with Crippen LogP contribution in [0.5, 0.6) is 5.75 Å². The predicted molar refractivity (Wildman–Crippen MR) is 119 cm³/mol. The van der Waals surface area contributed by atoms with Crippen molar-refractivity contribution in [1.29, 1.82) is 0 Å². The summed E-state index contributed by atoms with van der Waals surface area (Å²) in [5.74, 6) is -0.635. The van der Waals surface area contributed by atoms with E-state index in [1.54, 1.807) is 18.0 Å². The van der Waals surface area contributed by atoms with Gasteiger partial charge in [-0.05, 0) is 23.8 Å². The first-order chi connectivity index (χ1) is 15.4. The van der Waals surface area contributed by atoms with E-state index >= 15 is 0 Å². The third-order valence-electron chi connectivity index (χ3n) is 5.26. The van der Waals surface area contributed by atoms with E-state index in [-0.39, 0.29) is 5.57 Å². The number of methoxy groups -OCH3 is 1. The van der Waals surface area contributed by atoms with Gasteiger partial charge < -0.3 is 4.74 Å². The van der Waals surface area contributed by atoms with Crippen molar-refractivity contribution in [2.24, 2.45) is 0 Å². The smallest absolute Gasteiger partial charge is 0.333 e. The summed E-state index contributed by atoms with van der Waals surface area (Å²) in [6, 6.07) is 16.6. The SMILES string of the molecule is COc1cccc(-c2nn(Cc3ccccc3)cc2C=C2C(=O)N(C)C(=O)N(C)C2=O)c1. The highest BCUT2D eigenvalue weighted by molar-refractivity contribution is 6.30. The van der Waals surface area contributed by atoms with Crippen molar-refractivity contribution in [2.75, 3.05) is 21.2 Å². The zero-order valence-electron chi connectivity index (χ0n) is 18.0. The van der Waals surface area contributed by atoms with Crippen LogP contribution in [0.1, 0.15) is 11.1 Å². The Balaban J connectivity index is 1.82. The maximum absolute atomic E-state index is 12.7. The maximum atomic E-state index is 12.7. The summed E-state index contributed by atoms with van der Waals surface area (Å²) in [5.41, 5.74) is 2.91. The summed E-state index contributed by atoms with van der Waals surface area (Å²) in [6.07, 6.45) is 3.28. The lowest BCUT2D eigenvalue weighted by atomic mass is 10.0. The van der Waals surface area contributed by atoms with Crippen LogP contribution >= 0.6 is 0 Å². The average molecular weight is 430 g/mol. The molecule has 0 atom stereocenters. The summed E-state index contributed by atoms with van der Waals surface area (Å²) in [5, 5.41) is 4.72. The summed E-state index contributed by atoms with van der Waals surface area (Å²) in [4.78, 5) is 39.3. The second kappa shape index (κ2) is 8.50. The number of nitrogens with zero attached hydrogens (tertiary/aromatic N) is 4. The molecule has 4 amide bonds. The molecule has 4 rings (SSSR count). The quantitative estimate of drug-likeness (QED) is 0.459. The molecule has 1 aromatic heterocycles. The van der Waals surface area contributed by atoms with Gasteiger partial charge in [0.2, 0.25) is 0 Å². The topological polar surface area (TPSA) is 84.7 Å². The summed E-state index contributed by atoms with van der Waals surface area (Å²) < 4.78 is 7.09. The molecule has 0 N–H and O–H groups in total. The number of aromatic nitrogens is 2. The summed E-state index contributed by atoms with van der Waals surface area (Å²) >= 11 is 0. The fourth-order valence-corrected chi connectivity index (χ4v) is 3.52. The minimum atomic E-state index is -0.662. The molecule has 0 bridgehead atoms. The highest BCUT2D eigenvalue weighted by atomic mass is 16.5. The molecule has 2 heterocycles. The number of likely N-dealkylation sites (N-methyl/N-ethyl adjacent to an activating group) is 2. The van der Waals surface area contributed by atoms with Gasteiger partial charge in [0.05, 0.1) is 19.3 Å². The molecule has 2 aromatic carbocycles. The molecule has 162 valence electrons. The Morgan fingerprint density at radius 2 is 1.62 bits per heavy atom. The third-order valence-corrected chi connectivity index (χ3v) is 5.26. The molecule has 8 nitrogen and oxygen atoms in total. The zero-order valence-corrected chi connectivity index (χ0v) is 18.0. The third kappa shape index (κ3) is 3.90.